The van der Waals surface area contributed by atoms with Gasteiger partial charge in [-0.3, -0.25) is 0 Å². The van der Waals surface area contributed by atoms with E-state index in [0.29, 0.717) is 0 Å². The Morgan fingerprint density at radius 2 is 0.839 bits per heavy atom. The van der Waals surface area contributed by atoms with Gasteiger partial charge in [-0.1, -0.05) is 112 Å². The molecule has 2 unspecified atom stereocenters. The maximum Gasteiger partial charge on any atom is 0.0790 e. The first kappa shape index (κ1) is 25.6. The molecule has 0 saturated carbocycles. The predicted octanol–water partition coefficient (Wildman–Crippen LogP) is 7.15. The summed E-state index contributed by atoms with van der Waals surface area (Å²) in [5.74, 6) is 0. The van der Waals surface area contributed by atoms with Crippen LogP contribution in [0.25, 0.3) is 0 Å². The molecule has 3 heteroatoms. The van der Waals surface area contributed by atoms with E-state index >= 15 is 0 Å². The van der Waals surface area contributed by atoms with E-state index in [-0.39, 0.29) is 12.2 Å². The third-order valence-electron chi connectivity index (χ3n) is 5.90. The van der Waals surface area contributed by atoms with Crippen molar-refractivity contribution in [3.05, 3.63) is 71.8 Å². The number of rotatable bonds is 18. The molecule has 2 atom stereocenters. The minimum Gasteiger partial charge on any atom is -0.388 e. The van der Waals surface area contributed by atoms with Crippen molar-refractivity contribution in [1.82, 2.24) is 0 Å². The van der Waals surface area contributed by atoms with E-state index in [1.165, 1.54) is 38.5 Å². The van der Waals surface area contributed by atoms with Crippen molar-refractivity contribution in [3.63, 3.8) is 0 Å². The highest BCUT2D eigenvalue weighted by molar-refractivity contribution is 5.17. The quantitative estimate of drug-likeness (QED) is 0.249. The van der Waals surface area contributed by atoms with Crippen LogP contribution < -0.4 is 0 Å². The van der Waals surface area contributed by atoms with Gasteiger partial charge >= 0.3 is 0 Å². The average molecular weight is 427 g/mol. The zero-order valence-corrected chi connectivity index (χ0v) is 19.1. The van der Waals surface area contributed by atoms with Crippen molar-refractivity contribution in [2.75, 3.05) is 13.2 Å². The molecule has 31 heavy (non-hydrogen) atoms. The normalized spacial score (nSPS) is 13.2. The second-order valence-corrected chi connectivity index (χ2v) is 8.58. The van der Waals surface area contributed by atoms with Gasteiger partial charge in [-0.15, -0.1) is 0 Å². The van der Waals surface area contributed by atoms with Crippen LogP contribution >= 0.6 is 0 Å². The van der Waals surface area contributed by atoms with E-state index in [1.807, 2.05) is 60.7 Å². The third kappa shape index (κ3) is 12.1. The molecule has 3 nitrogen and oxygen atoms in total. The summed E-state index contributed by atoms with van der Waals surface area (Å²) >= 11 is 0. The second-order valence-electron chi connectivity index (χ2n) is 8.58. The van der Waals surface area contributed by atoms with Crippen LogP contribution in [0.3, 0.4) is 0 Å². The van der Waals surface area contributed by atoms with Gasteiger partial charge in [0.05, 0.1) is 12.2 Å². The number of hydrogen-bond donors (Lipinski definition) is 2. The van der Waals surface area contributed by atoms with Crippen LogP contribution in [0.2, 0.25) is 0 Å². The van der Waals surface area contributed by atoms with Crippen LogP contribution in [0.4, 0.5) is 0 Å². The Bertz CT molecular complexity index is 586. The summed E-state index contributed by atoms with van der Waals surface area (Å²) in [5.41, 5.74) is 2.06. The largest absolute Gasteiger partial charge is 0.388 e. The van der Waals surface area contributed by atoms with E-state index in [1.54, 1.807) is 0 Å². The van der Waals surface area contributed by atoms with Gasteiger partial charge in [0.2, 0.25) is 0 Å². The van der Waals surface area contributed by atoms with Crippen LogP contribution in [0, 0.1) is 0 Å². The summed E-state index contributed by atoms with van der Waals surface area (Å²) in [6.45, 7) is 1.74. The predicted molar refractivity (Wildman–Crippen MR) is 129 cm³/mol. The molecular formula is C28H42O3. The monoisotopic (exact) mass is 426 g/mol. The lowest BCUT2D eigenvalue weighted by molar-refractivity contribution is 0.125. The zero-order valence-electron chi connectivity index (χ0n) is 19.1. The summed E-state index contributed by atoms with van der Waals surface area (Å²) < 4.78 is 5.76. The van der Waals surface area contributed by atoms with Crippen molar-refractivity contribution in [3.8, 4) is 0 Å². The van der Waals surface area contributed by atoms with Gasteiger partial charge in [-0.2, -0.15) is 0 Å². The lowest BCUT2D eigenvalue weighted by atomic mass is 10.0. The first-order valence-electron chi connectivity index (χ1n) is 12.3. The highest BCUT2D eigenvalue weighted by Crippen LogP contribution is 2.20. The van der Waals surface area contributed by atoms with E-state index < -0.39 is 0 Å². The molecule has 0 amide bonds. The van der Waals surface area contributed by atoms with Gasteiger partial charge in [0.1, 0.15) is 0 Å². The van der Waals surface area contributed by atoms with Crippen LogP contribution in [0.1, 0.15) is 100 Å². The maximum atomic E-state index is 10.2. The maximum absolute atomic E-state index is 10.2. The minimum atomic E-state index is -0.321. The first-order chi connectivity index (χ1) is 15.3. The Hall–Kier alpha value is -1.68. The molecule has 0 fully saturated rings. The lowest BCUT2D eigenvalue weighted by Gasteiger charge is -2.10. The number of aliphatic hydroxyl groups excluding tert-OH is 2. The fourth-order valence-corrected chi connectivity index (χ4v) is 3.93. The van der Waals surface area contributed by atoms with E-state index in [9.17, 15) is 10.2 Å². The fourth-order valence-electron chi connectivity index (χ4n) is 3.93. The summed E-state index contributed by atoms with van der Waals surface area (Å²) in [6, 6.07) is 19.9. The van der Waals surface area contributed by atoms with Crippen LogP contribution in [0.5, 0.6) is 0 Å². The minimum absolute atomic E-state index is 0.321. The first-order valence-corrected chi connectivity index (χ1v) is 12.3. The molecule has 0 aliphatic heterocycles. The molecule has 2 rings (SSSR count). The average Bonchev–Trinajstić information content (AvgIpc) is 2.82. The molecular weight excluding hydrogens is 384 g/mol. The van der Waals surface area contributed by atoms with Gasteiger partial charge in [0, 0.05) is 13.2 Å². The number of aliphatic hydroxyl groups is 2. The molecule has 0 radical (unpaired) electrons. The molecule has 0 aliphatic carbocycles. The number of benzene rings is 2. The van der Waals surface area contributed by atoms with Gasteiger partial charge < -0.3 is 14.9 Å². The van der Waals surface area contributed by atoms with E-state index in [2.05, 4.69) is 0 Å². The van der Waals surface area contributed by atoms with Gasteiger partial charge in [0.15, 0.2) is 0 Å². The highest BCUT2D eigenvalue weighted by Gasteiger charge is 2.06. The van der Waals surface area contributed by atoms with Crippen LogP contribution in [0.15, 0.2) is 60.7 Å². The number of ether oxygens (including phenoxy) is 1. The van der Waals surface area contributed by atoms with E-state index in [0.717, 1.165) is 62.9 Å². The SMILES string of the molecule is OC(CCCCCCCOCCCCCCCC(O)c1ccccc1)c1ccccc1. The van der Waals surface area contributed by atoms with Crippen LogP contribution in [-0.4, -0.2) is 23.4 Å². The molecule has 0 heterocycles. The Kier molecular flexibility index (Phi) is 14.0. The summed E-state index contributed by atoms with van der Waals surface area (Å²) in [7, 11) is 0. The number of hydrogen-bond acceptors (Lipinski definition) is 3. The summed E-state index contributed by atoms with van der Waals surface area (Å²) in [6.07, 6.45) is 12.7. The molecule has 2 aromatic rings. The van der Waals surface area contributed by atoms with Crippen molar-refractivity contribution in [1.29, 1.82) is 0 Å². The van der Waals surface area contributed by atoms with Crippen molar-refractivity contribution in [2.24, 2.45) is 0 Å². The Morgan fingerprint density at radius 3 is 1.26 bits per heavy atom. The van der Waals surface area contributed by atoms with Crippen molar-refractivity contribution in [2.45, 2.75) is 89.3 Å². The van der Waals surface area contributed by atoms with Crippen molar-refractivity contribution >= 4 is 0 Å². The smallest absolute Gasteiger partial charge is 0.0790 e. The molecule has 0 bridgehead atoms. The third-order valence-corrected chi connectivity index (χ3v) is 5.90. The van der Waals surface area contributed by atoms with Gasteiger partial charge in [-0.05, 0) is 36.8 Å². The molecule has 0 aliphatic rings. The fraction of sp³-hybridized carbons (Fsp3) is 0.571. The second kappa shape index (κ2) is 16.9. The molecule has 2 aromatic carbocycles. The molecule has 172 valence electrons. The Labute approximate surface area is 189 Å². The standard InChI is InChI=1S/C28H42O3/c29-27(25-17-9-7-10-18-25)21-13-3-1-5-15-23-31-24-16-6-2-4-14-22-28(30)26-19-11-8-12-20-26/h7-12,17-20,27-30H,1-6,13-16,21-24H2. The molecule has 0 aromatic heterocycles. The molecule has 2 N–H and O–H groups in total. The Morgan fingerprint density at radius 1 is 0.484 bits per heavy atom. The van der Waals surface area contributed by atoms with Crippen LogP contribution in [-0.2, 0) is 4.74 Å². The van der Waals surface area contributed by atoms with Gasteiger partial charge in [0.25, 0.3) is 0 Å². The Balaban J connectivity index is 1.29. The lowest BCUT2D eigenvalue weighted by Crippen LogP contribution is -1.99. The summed E-state index contributed by atoms with van der Waals surface area (Å²) in [5, 5.41) is 20.3. The van der Waals surface area contributed by atoms with Crippen molar-refractivity contribution < 1.29 is 14.9 Å². The topological polar surface area (TPSA) is 49.7 Å². The molecule has 0 spiro atoms. The number of unbranched alkanes of at least 4 members (excludes halogenated alkanes) is 8. The zero-order chi connectivity index (χ0) is 22.0. The summed E-state index contributed by atoms with van der Waals surface area (Å²) in [4.78, 5) is 0. The highest BCUT2D eigenvalue weighted by atomic mass is 16.5. The van der Waals surface area contributed by atoms with Gasteiger partial charge in [-0.25, -0.2) is 0 Å². The molecule has 0 saturated heterocycles. The van der Waals surface area contributed by atoms with E-state index in [4.69, 9.17) is 4.74 Å².